The van der Waals surface area contributed by atoms with Crippen molar-refractivity contribution in [2.75, 3.05) is 6.61 Å². The van der Waals surface area contributed by atoms with E-state index in [1.54, 1.807) is 48.5 Å². The van der Waals surface area contributed by atoms with Crippen molar-refractivity contribution in [2.45, 2.75) is 32.1 Å². The summed E-state index contributed by atoms with van der Waals surface area (Å²) in [7, 11) is 0. The predicted octanol–water partition coefficient (Wildman–Crippen LogP) is 6.65. The number of ether oxygens (including phenoxy) is 2. The van der Waals surface area contributed by atoms with Crippen LogP contribution >= 0.6 is 11.3 Å². The number of aromatic carboxylic acids is 1. The minimum atomic E-state index is -1.04. The number of imidazole rings is 1. The number of benzene rings is 2. The fourth-order valence-electron chi connectivity index (χ4n) is 4.60. The maximum atomic E-state index is 15.4. The minimum Gasteiger partial charge on any atom is -0.477 e. The number of aromatic nitrogens is 3. The maximum Gasteiger partial charge on any atom is 0.346 e. The molecule has 1 saturated heterocycles. The summed E-state index contributed by atoms with van der Waals surface area (Å²) in [5.74, 6) is -1.54. The zero-order valence-corrected chi connectivity index (χ0v) is 22.3. The molecular weight excluding hydrogens is 550 g/mol. The van der Waals surface area contributed by atoms with Gasteiger partial charge < -0.3 is 19.1 Å². The van der Waals surface area contributed by atoms with Gasteiger partial charge in [-0.2, -0.15) is 0 Å². The first kappa shape index (κ1) is 26.6. The highest BCUT2D eigenvalue weighted by Crippen LogP contribution is 2.31. The van der Waals surface area contributed by atoms with Crippen molar-refractivity contribution in [3.63, 3.8) is 0 Å². The van der Waals surface area contributed by atoms with Crippen LogP contribution in [0.25, 0.3) is 26.4 Å². The number of hydrogen-bond acceptors (Lipinski definition) is 6. The summed E-state index contributed by atoms with van der Waals surface area (Å²) in [5.41, 5.74) is 2.34. The van der Waals surface area contributed by atoms with Crippen LogP contribution in [0, 0.1) is 18.2 Å². The van der Waals surface area contributed by atoms with Crippen LogP contribution in [0.15, 0.2) is 60.7 Å². The van der Waals surface area contributed by atoms with E-state index in [-0.39, 0.29) is 46.7 Å². The molecule has 1 fully saturated rings. The molecular formula is C30H22F2N4O4S. The molecule has 0 aliphatic carbocycles. The standard InChI is InChI=1S/C30H22F2N4O4S/c1-33-19-7-5-17(6-8-19)16-40-28-4-2-3-24(34-28)21-13-22(31)18(11-23(21)32)12-27-35-29-25(14-26(41-29)30(37)38)36(27)15-20-9-10-39-20/h2-8,11,13-14,20H,9-10,12,15-16H2,(H,37,38). The molecule has 0 saturated carbocycles. The van der Waals surface area contributed by atoms with E-state index < -0.39 is 17.6 Å². The molecule has 8 nitrogen and oxygen atoms in total. The fraction of sp³-hybridized carbons (Fsp3) is 0.200. The van der Waals surface area contributed by atoms with Gasteiger partial charge >= 0.3 is 5.97 Å². The number of nitrogens with zero attached hydrogens (tertiary/aromatic N) is 4. The summed E-state index contributed by atoms with van der Waals surface area (Å²) >= 11 is 1.04. The highest BCUT2D eigenvalue weighted by atomic mass is 32.1. The van der Waals surface area contributed by atoms with Gasteiger partial charge in [-0.25, -0.2) is 28.4 Å². The van der Waals surface area contributed by atoms with Crippen LogP contribution < -0.4 is 4.74 Å². The van der Waals surface area contributed by atoms with E-state index in [2.05, 4.69) is 14.8 Å². The lowest BCUT2D eigenvalue weighted by Crippen LogP contribution is -2.31. The lowest BCUT2D eigenvalue weighted by atomic mass is 10.0. The van der Waals surface area contributed by atoms with Gasteiger partial charge in [0, 0.05) is 24.7 Å². The number of fused-ring (bicyclic) bond motifs is 1. The number of carboxylic acids is 1. The van der Waals surface area contributed by atoms with E-state index in [0.29, 0.717) is 35.0 Å². The second kappa shape index (κ2) is 11.1. The molecule has 1 N–H and O–H groups in total. The van der Waals surface area contributed by atoms with Gasteiger partial charge in [-0.3, -0.25) is 0 Å². The van der Waals surface area contributed by atoms with E-state index in [9.17, 15) is 9.90 Å². The Bertz CT molecular complexity index is 1810. The number of thiophene rings is 1. The summed E-state index contributed by atoms with van der Waals surface area (Å²) in [4.78, 5) is 24.4. The molecule has 1 atom stereocenters. The van der Waals surface area contributed by atoms with Crippen molar-refractivity contribution >= 4 is 33.3 Å². The van der Waals surface area contributed by atoms with E-state index in [1.807, 2.05) is 4.57 Å². The van der Waals surface area contributed by atoms with Gasteiger partial charge in [0.2, 0.25) is 5.88 Å². The highest BCUT2D eigenvalue weighted by Gasteiger charge is 2.25. The Morgan fingerprint density at radius 1 is 1.15 bits per heavy atom. The molecule has 1 aliphatic rings. The van der Waals surface area contributed by atoms with Crippen molar-refractivity contribution in [1.29, 1.82) is 0 Å². The second-order valence-corrected chi connectivity index (χ2v) is 10.6. The first-order valence-corrected chi connectivity index (χ1v) is 13.6. The van der Waals surface area contributed by atoms with Crippen LogP contribution in [-0.2, 0) is 24.3 Å². The molecule has 11 heteroatoms. The number of pyridine rings is 1. The second-order valence-electron chi connectivity index (χ2n) is 9.55. The van der Waals surface area contributed by atoms with E-state index in [0.717, 1.165) is 35.5 Å². The monoisotopic (exact) mass is 572 g/mol. The predicted molar refractivity (Wildman–Crippen MR) is 148 cm³/mol. The fourth-order valence-corrected chi connectivity index (χ4v) is 5.49. The van der Waals surface area contributed by atoms with Crippen molar-refractivity contribution < 1.29 is 28.2 Å². The summed E-state index contributed by atoms with van der Waals surface area (Å²) in [5, 5.41) is 9.38. The van der Waals surface area contributed by atoms with Crippen LogP contribution in [0.4, 0.5) is 14.5 Å². The third kappa shape index (κ3) is 5.52. The summed E-state index contributed by atoms with van der Waals surface area (Å²) in [6.45, 7) is 8.34. The third-order valence-corrected chi connectivity index (χ3v) is 7.86. The maximum absolute atomic E-state index is 15.4. The van der Waals surface area contributed by atoms with Crippen molar-refractivity contribution in [2.24, 2.45) is 0 Å². The number of rotatable bonds is 9. The Hall–Kier alpha value is -4.66. The molecule has 0 amide bonds. The van der Waals surface area contributed by atoms with Crippen LogP contribution in [0.2, 0.25) is 0 Å². The van der Waals surface area contributed by atoms with Crippen LogP contribution in [0.1, 0.15) is 33.0 Å². The Morgan fingerprint density at radius 2 is 1.95 bits per heavy atom. The number of hydrogen-bond donors (Lipinski definition) is 1. The molecule has 1 unspecified atom stereocenters. The lowest BCUT2D eigenvalue weighted by molar-refractivity contribution is -0.0589. The van der Waals surface area contributed by atoms with Gasteiger partial charge in [0.15, 0.2) is 5.69 Å². The SMILES string of the molecule is [C-]#[N+]c1ccc(COc2cccc(-c3cc(F)c(Cc4nc5sc(C(=O)O)cc5n4CC4CCO4)cc3F)n2)cc1. The smallest absolute Gasteiger partial charge is 0.346 e. The van der Waals surface area contributed by atoms with Crippen molar-refractivity contribution in [1.82, 2.24) is 14.5 Å². The molecule has 206 valence electrons. The zero-order valence-electron chi connectivity index (χ0n) is 21.5. The first-order valence-electron chi connectivity index (χ1n) is 12.8. The van der Waals surface area contributed by atoms with E-state index in [1.165, 1.54) is 0 Å². The molecule has 1 aliphatic heterocycles. The average Bonchev–Trinajstić information content (AvgIpc) is 3.50. The van der Waals surface area contributed by atoms with Crippen molar-refractivity contribution in [3.05, 3.63) is 106 Å². The normalized spacial score (nSPS) is 14.5. The van der Waals surface area contributed by atoms with Gasteiger partial charge in [0.25, 0.3) is 0 Å². The van der Waals surface area contributed by atoms with Gasteiger partial charge in [-0.1, -0.05) is 30.3 Å². The van der Waals surface area contributed by atoms with Crippen LogP contribution in [0.5, 0.6) is 5.88 Å². The van der Waals surface area contributed by atoms with Gasteiger partial charge in [0.05, 0.1) is 30.4 Å². The topological polar surface area (TPSA) is 90.8 Å². The Morgan fingerprint density at radius 3 is 2.66 bits per heavy atom. The van der Waals surface area contributed by atoms with Crippen LogP contribution in [-0.4, -0.2) is 38.3 Å². The molecule has 41 heavy (non-hydrogen) atoms. The Kier molecular flexibility index (Phi) is 7.17. The van der Waals surface area contributed by atoms with Gasteiger partial charge in [-0.15, -0.1) is 11.3 Å². The number of carbonyl (C=O) groups is 1. The zero-order chi connectivity index (χ0) is 28.5. The molecule has 6 rings (SSSR count). The first-order chi connectivity index (χ1) is 19.9. The van der Waals surface area contributed by atoms with Crippen LogP contribution in [0.3, 0.4) is 0 Å². The molecule has 5 aromatic rings. The highest BCUT2D eigenvalue weighted by molar-refractivity contribution is 7.20. The van der Waals surface area contributed by atoms with E-state index >= 15 is 8.78 Å². The third-order valence-electron chi connectivity index (χ3n) is 6.85. The molecule has 0 spiro atoms. The molecule has 0 radical (unpaired) electrons. The van der Waals surface area contributed by atoms with Gasteiger partial charge in [0.1, 0.15) is 33.8 Å². The number of halogens is 2. The largest absolute Gasteiger partial charge is 0.477 e. The summed E-state index contributed by atoms with van der Waals surface area (Å²) < 4.78 is 43.9. The quantitative estimate of drug-likeness (QED) is 0.199. The number of carboxylic acid groups (broad SMARTS) is 1. The Labute approximate surface area is 237 Å². The molecule has 3 aromatic heterocycles. The molecule has 4 heterocycles. The van der Waals surface area contributed by atoms with Crippen molar-refractivity contribution in [3.8, 4) is 17.1 Å². The minimum absolute atomic E-state index is 0.00333. The summed E-state index contributed by atoms with van der Waals surface area (Å²) in [6.07, 6.45) is 0.835. The van der Waals surface area contributed by atoms with Gasteiger partial charge in [-0.05, 0) is 41.8 Å². The molecule has 0 bridgehead atoms. The Balaban J connectivity index is 1.24. The van der Waals surface area contributed by atoms with E-state index in [4.69, 9.17) is 16.0 Å². The average molecular weight is 573 g/mol. The lowest BCUT2D eigenvalue weighted by Gasteiger charge is -2.27. The summed E-state index contributed by atoms with van der Waals surface area (Å²) in [6, 6.07) is 15.6. The molecule has 2 aromatic carbocycles.